The molecule has 0 aliphatic carbocycles. The van der Waals surface area contributed by atoms with Gasteiger partial charge in [0, 0.05) is 5.02 Å². The van der Waals surface area contributed by atoms with Crippen molar-refractivity contribution in [3.05, 3.63) is 33.3 Å². The molecule has 1 radical (unpaired) electrons. The van der Waals surface area contributed by atoms with Crippen molar-refractivity contribution >= 4 is 29.2 Å². The summed E-state index contributed by atoms with van der Waals surface area (Å²) in [5.74, 6) is -1.29. The van der Waals surface area contributed by atoms with Gasteiger partial charge in [0.2, 0.25) is 0 Å². The first kappa shape index (κ1) is 9.36. The number of carbonyl (C=O) groups excluding carboxylic acids is 1. The maximum Gasteiger partial charge on any atom is 0.387 e. The second kappa shape index (κ2) is 3.33. The van der Waals surface area contributed by atoms with Crippen molar-refractivity contribution in [1.29, 1.82) is 0 Å². The van der Waals surface area contributed by atoms with Crippen LogP contribution in [0.25, 0.3) is 0 Å². The van der Waals surface area contributed by atoms with E-state index in [9.17, 15) is 9.90 Å². The highest BCUT2D eigenvalue weighted by Gasteiger charge is 2.13. The molecule has 0 atom stereocenters. The van der Waals surface area contributed by atoms with Crippen LogP contribution < -0.4 is 0 Å². The lowest BCUT2D eigenvalue weighted by Crippen LogP contribution is -1.96. The molecule has 1 rings (SSSR count). The van der Waals surface area contributed by atoms with Gasteiger partial charge in [-0.3, -0.25) is 0 Å². The molecule has 0 aromatic heterocycles. The summed E-state index contributed by atoms with van der Waals surface area (Å²) >= 11 is 11.4. The highest BCUT2D eigenvalue weighted by Crippen LogP contribution is 2.26. The van der Waals surface area contributed by atoms with Crippen molar-refractivity contribution in [3.8, 4) is 0 Å². The number of halogens is 2. The molecule has 0 N–H and O–H groups in total. The molecule has 0 bridgehead atoms. The summed E-state index contributed by atoms with van der Waals surface area (Å²) in [6.07, 6.45) is 0. The van der Waals surface area contributed by atoms with Crippen molar-refractivity contribution in [2.45, 2.75) is 6.92 Å². The SMILES string of the molecule is Cc1c(Cl)ccc(C([O])=O)c1Cl. The van der Waals surface area contributed by atoms with Crippen molar-refractivity contribution < 1.29 is 9.90 Å². The molecule has 63 valence electrons. The monoisotopic (exact) mass is 203 g/mol. The Labute approximate surface area is 79.7 Å². The minimum Gasteiger partial charge on any atom is -0.241 e. The molecule has 1 aromatic carbocycles. The largest absolute Gasteiger partial charge is 0.387 e. The highest BCUT2D eigenvalue weighted by molar-refractivity contribution is 6.37. The normalized spacial score (nSPS) is 9.92. The van der Waals surface area contributed by atoms with Gasteiger partial charge < -0.3 is 0 Å². The summed E-state index contributed by atoms with van der Waals surface area (Å²) in [7, 11) is 0. The van der Waals surface area contributed by atoms with E-state index in [1.165, 1.54) is 12.1 Å². The Balaban J connectivity index is 3.36. The van der Waals surface area contributed by atoms with Gasteiger partial charge in [-0.1, -0.05) is 23.2 Å². The van der Waals surface area contributed by atoms with E-state index in [2.05, 4.69) is 0 Å². The molecule has 0 heterocycles. The third-order valence-corrected chi connectivity index (χ3v) is 2.44. The molecule has 2 nitrogen and oxygen atoms in total. The van der Waals surface area contributed by atoms with E-state index in [-0.39, 0.29) is 10.6 Å². The van der Waals surface area contributed by atoms with Crippen molar-refractivity contribution in [2.24, 2.45) is 0 Å². The lowest BCUT2D eigenvalue weighted by Gasteiger charge is -2.02. The third-order valence-electron chi connectivity index (χ3n) is 1.54. The molecule has 4 heteroatoms. The second-order valence-corrected chi connectivity index (χ2v) is 3.11. The minimum absolute atomic E-state index is 0.0291. The molecule has 0 spiro atoms. The van der Waals surface area contributed by atoms with Gasteiger partial charge in [-0.05, 0) is 24.6 Å². The fourth-order valence-corrected chi connectivity index (χ4v) is 1.27. The Hall–Kier alpha value is -0.730. The molecule has 0 fully saturated rings. The summed E-state index contributed by atoms with van der Waals surface area (Å²) in [5.41, 5.74) is 0.526. The molecule has 0 amide bonds. The topological polar surface area (TPSA) is 37.0 Å². The van der Waals surface area contributed by atoms with Gasteiger partial charge in [-0.15, -0.1) is 0 Å². The Bertz CT molecular complexity index is 334. The van der Waals surface area contributed by atoms with E-state index in [0.717, 1.165) is 0 Å². The van der Waals surface area contributed by atoms with Crippen LogP contribution in [-0.4, -0.2) is 5.97 Å². The first-order valence-corrected chi connectivity index (χ1v) is 3.95. The average molecular weight is 204 g/mol. The molecular weight excluding hydrogens is 199 g/mol. The van der Waals surface area contributed by atoms with E-state index >= 15 is 0 Å². The summed E-state index contributed by atoms with van der Waals surface area (Å²) < 4.78 is 0. The Kier molecular flexibility index (Phi) is 2.60. The van der Waals surface area contributed by atoms with E-state index in [1.807, 2.05) is 0 Å². The van der Waals surface area contributed by atoms with E-state index < -0.39 is 5.97 Å². The zero-order chi connectivity index (χ0) is 9.30. The minimum atomic E-state index is -1.29. The smallest absolute Gasteiger partial charge is 0.241 e. The number of hydrogen-bond donors (Lipinski definition) is 0. The van der Waals surface area contributed by atoms with Gasteiger partial charge >= 0.3 is 5.97 Å². The van der Waals surface area contributed by atoms with Gasteiger partial charge in [0.25, 0.3) is 0 Å². The summed E-state index contributed by atoms with van der Waals surface area (Å²) in [6, 6.07) is 2.81. The zero-order valence-corrected chi connectivity index (χ0v) is 7.74. The summed E-state index contributed by atoms with van der Waals surface area (Å²) in [4.78, 5) is 10.4. The molecule has 1 aromatic rings. The maximum absolute atomic E-state index is 10.4. The molecule has 12 heavy (non-hydrogen) atoms. The summed E-state index contributed by atoms with van der Waals surface area (Å²) in [6.45, 7) is 1.65. The van der Waals surface area contributed by atoms with Crippen LogP contribution in [0.2, 0.25) is 10.0 Å². The molecule has 0 unspecified atom stereocenters. The Morgan fingerprint density at radius 3 is 2.42 bits per heavy atom. The highest BCUT2D eigenvalue weighted by atomic mass is 35.5. The van der Waals surface area contributed by atoms with Gasteiger partial charge in [0.05, 0.1) is 10.6 Å². The van der Waals surface area contributed by atoms with Crippen LogP contribution in [0.15, 0.2) is 12.1 Å². The maximum atomic E-state index is 10.4. The van der Waals surface area contributed by atoms with Crippen molar-refractivity contribution in [1.82, 2.24) is 0 Å². The molecule has 0 saturated carbocycles. The average Bonchev–Trinajstić information content (AvgIpc) is 2.00. The van der Waals surface area contributed by atoms with Crippen molar-refractivity contribution in [2.75, 3.05) is 0 Å². The lowest BCUT2D eigenvalue weighted by atomic mass is 10.1. The van der Waals surface area contributed by atoms with Crippen molar-refractivity contribution in [3.63, 3.8) is 0 Å². The van der Waals surface area contributed by atoms with Crippen LogP contribution in [0, 0.1) is 6.92 Å². The lowest BCUT2D eigenvalue weighted by molar-refractivity contribution is 0.0573. The van der Waals surface area contributed by atoms with E-state index in [4.69, 9.17) is 23.2 Å². The number of benzene rings is 1. The Morgan fingerprint density at radius 2 is 1.92 bits per heavy atom. The van der Waals surface area contributed by atoms with Crippen LogP contribution in [0.4, 0.5) is 0 Å². The fraction of sp³-hybridized carbons (Fsp3) is 0.125. The second-order valence-electron chi connectivity index (χ2n) is 2.32. The molecule has 0 aliphatic rings. The predicted octanol–water partition coefficient (Wildman–Crippen LogP) is 2.87. The van der Waals surface area contributed by atoms with E-state index in [1.54, 1.807) is 6.92 Å². The van der Waals surface area contributed by atoms with Crippen LogP contribution in [-0.2, 0) is 5.11 Å². The van der Waals surface area contributed by atoms with Gasteiger partial charge in [0.1, 0.15) is 0 Å². The molecule has 0 aliphatic heterocycles. The third kappa shape index (κ3) is 1.54. The van der Waals surface area contributed by atoms with Gasteiger partial charge in [-0.2, -0.15) is 0 Å². The molecular formula is C8H5Cl2O2. The van der Waals surface area contributed by atoms with Gasteiger partial charge in [-0.25, -0.2) is 9.90 Å². The van der Waals surface area contributed by atoms with Crippen LogP contribution in [0.3, 0.4) is 0 Å². The van der Waals surface area contributed by atoms with Crippen LogP contribution >= 0.6 is 23.2 Å². The van der Waals surface area contributed by atoms with Crippen LogP contribution in [0.1, 0.15) is 15.9 Å². The number of hydrogen-bond acceptors (Lipinski definition) is 1. The first-order chi connectivity index (χ1) is 5.54. The number of rotatable bonds is 1. The number of carbonyl (C=O) groups is 1. The predicted molar refractivity (Wildman–Crippen MR) is 46.2 cm³/mol. The molecule has 0 saturated heterocycles. The van der Waals surface area contributed by atoms with E-state index in [0.29, 0.717) is 10.6 Å². The van der Waals surface area contributed by atoms with Crippen LogP contribution in [0.5, 0.6) is 0 Å². The zero-order valence-electron chi connectivity index (χ0n) is 6.23. The summed E-state index contributed by atoms with van der Waals surface area (Å²) in [5, 5.41) is 11.0. The Morgan fingerprint density at radius 1 is 1.33 bits per heavy atom. The first-order valence-electron chi connectivity index (χ1n) is 3.20. The fourth-order valence-electron chi connectivity index (χ4n) is 0.819. The standard InChI is InChI=1S/C8H5Cl2O2/c1-4-6(9)3-2-5(7(4)10)8(11)12/h2-3H,1H3. The quantitative estimate of drug-likeness (QED) is 0.692. The van der Waals surface area contributed by atoms with Gasteiger partial charge in [0.15, 0.2) is 0 Å².